The predicted octanol–water partition coefficient (Wildman–Crippen LogP) is 2.61. The smallest absolute Gasteiger partial charge is 0.242 e. The van der Waals surface area contributed by atoms with Crippen LogP contribution in [0.3, 0.4) is 0 Å². The number of sulfonamides is 1. The van der Waals surface area contributed by atoms with Crippen molar-refractivity contribution in [1.29, 1.82) is 0 Å². The van der Waals surface area contributed by atoms with Crippen molar-refractivity contribution in [2.24, 2.45) is 0 Å². The van der Waals surface area contributed by atoms with E-state index < -0.39 is 10.0 Å². The van der Waals surface area contributed by atoms with Gasteiger partial charge in [0.05, 0.1) is 23.2 Å². The molecule has 8 heteroatoms. The standard InChI is InChI=1S/C20H22N4O3S/c1-15-9-10-18(28(26,27)23(2)3)12-19(15)22-20(25)11-16-13-21-24(14-16)17-7-5-4-6-8-17/h4-10,12-14H,11H2,1-3H3,(H,22,25). The minimum absolute atomic E-state index is 0.135. The first-order chi connectivity index (χ1) is 13.3. The second kappa shape index (κ2) is 7.95. The summed E-state index contributed by atoms with van der Waals surface area (Å²) in [7, 11) is -0.629. The Balaban J connectivity index is 1.74. The maximum atomic E-state index is 12.5. The lowest BCUT2D eigenvalue weighted by Gasteiger charge is -2.14. The van der Waals surface area contributed by atoms with Crippen molar-refractivity contribution >= 4 is 21.6 Å². The number of carbonyl (C=O) groups excluding carboxylic acids is 1. The molecule has 1 N–H and O–H groups in total. The molecule has 3 aromatic rings. The molecule has 0 unspecified atom stereocenters. The van der Waals surface area contributed by atoms with Crippen molar-refractivity contribution in [1.82, 2.24) is 14.1 Å². The second-order valence-corrected chi connectivity index (χ2v) is 8.77. The molecule has 0 aliphatic carbocycles. The van der Waals surface area contributed by atoms with E-state index >= 15 is 0 Å². The number of nitrogens with zero attached hydrogens (tertiary/aromatic N) is 3. The van der Waals surface area contributed by atoms with E-state index in [2.05, 4.69) is 10.4 Å². The number of para-hydroxylation sites is 1. The van der Waals surface area contributed by atoms with E-state index in [0.717, 1.165) is 21.1 Å². The SMILES string of the molecule is Cc1ccc(S(=O)(=O)N(C)C)cc1NC(=O)Cc1cnn(-c2ccccc2)c1. The van der Waals surface area contributed by atoms with Crippen molar-refractivity contribution in [2.75, 3.05) is 19.4 Å². The third-order valence-electron chi connectivity index (χ3n) is 4.28. The fraction of sp³-hybridized carbons (Fsp3) is 0.200. The number of aromatic nitrogens is 2. The van der Waals surface area contributed by atoms with Crippen LogP contribution in [0, 0.1) is 6.92 Å². The summed E-state index contributed by atoms with van der Waals surface area (Å²) in [5.41, 5.74) is 2.93. The Morgan fingerprint density at radius 3 is 2.54 bits per heavy atom. The molecule has 0 aliphatic heterocycles. The summed E-state index contributed by atoms with van der Waals surface area (Å²) < 4.78 is 27.5. The molecule has 28 heavy (non-hydrogen) atoms. The molecule has 3 rings (SSSR count). The largest absolute Gasteiger partial charge is 0.326 e. The predicted molar refractivity (Wildman–Crippen MR) is 108 cm³/mol. The van der Waals surface area contributed by atoms with Crippen LogP contribution in [0.1, 0.15) is 11.1 Å². The Bertz CT molecular complexity index is 1090. The van der Waals surface area contributed by atoms with E-state index in [1.54, 1.807) is 23.1 Å². The number of hydrogen-bond donors (Lipinski definition) is 1. The molecular formula is C20H22N4O3S. The first-order valence-corrected chi connectivity index (χ1v) is 10.1. The number of rotatable bonds is 6. The fourth-order valence-corrected chi connectivity index (χ4v) is 3.59. The lowest BCUT2D eigenvalue weighted by Crippen LogP contribution is -2.22. The van der Waals surface area contributed by atoms with E-state index in [1.807, 2.05) is 37.3 Å². The van der Waals surface area contributed by atoms with Crippen LogP contribution >= 0.6 is 0 Å². The molecule has 0 saturated heterocycles. The summed E-state index contributed by atoms with van der Waals surface area (Å²) in [6.07, 6.45) is 3.58. The minimum Gasteiger partial charge on any atom is -0.326 e. The molecule has 2 aromatic carbocycles. The minimum atomic E-state index is -3.57. The van der Waals surface area contributed by atoms with Crippen LogP contribution in [-0.4, -0.2) is 42.5 Å². The highest BCUT2D eigenvalue weighted by Gasteiger charge is 2.19. The zero-order chi connectivity index (χ0) is 20.3. The van der Waals surface area contributed by atoms with E-state index in [4.69, 9.17) is 0 Å². The summed E-state index contributed by atoms with van der Waals surface area (Å²) in [5.74, 6) is -0.241. The van der Waals surface area contributed by atoms with Crippen LogP contribution in [0.4, 0.5) is 5.69 Å². The maximum absolute atomic E-state index is 12.5. The highest BCUT2D eigenvalue weighted by atomic mass is 32.2. The molecule has 0 aliphatic rings. The lowest BCUT2D eigenvalue weighted by molar-refractivity contribution is -0.115. The summed E-state index contributed by atoms with van der Waals surface area (Å²) in [5, 5.41) is 7.08. The van der Waals surface area contributed by atoms with Gasteiger partial charge in [-0.3, -0.25) is 4.79 Å². The molecular weight excluding hydrogens is 376 g/mol. The number of aryl methyl sites for hydroxylation is 1. The van der Waals surface area contributed by atoms with Gasteiger partial charge in [-0.05, 0) is 42.3 Å². The number of benzene rings is 2. The van der Waals surface area contributed by atoms with Gasteiger partial charge in [0.2, 0.25) is 15.9 Å². The summed E-state index contributed by atoms with van der Waals surface area (Å²) >= 11 is 0. The van der Waals surface area contributed by atoms with Crippen LogP contribution in [0.5, 0.6) is 0 Å². The van der Waals surface area contributed by atoms with Gasteiger partial charge in [0.25, 0.3) is 0 Å². The zero-order valence-corrected chi connectivity index (χ0v) is 16.8. The van der Waals surface area contributed by atoms with Gasteiger partial charge in [-0.15, -0.1) is 0 Å². The molecule has 0 radical (unpaired) electrons. The van der Waals surface area contributed by atoms with Gasteiger partial charge in [-0.2, -0.15) is 5.10 Å². The lowest BCUT2D eigenvalue weighted by atomic mass is 10.2. The summed E-state index contributed by atoms with van der Waals surface area (Å²) in [4.78, 5) is 12.6. The van der Waals surface area contributed by atoms with Gasteiger partial charge in [0.1, 0.15) is 0 Å². The Morgan fingerprint density at radius 2 is 1.86 bits per heavy atom. The molecule has 146 valence electrons. The molecule has 0 fully saturated rings. The molecule has 7 nitrogen and oxygen atoms in total. The van der Waals surface area contributed by atoms with E-state index in [-0.39, 0.29) is 17.2 Å². The van der Waals surface area contributed by atoms with Crippen molar-refractivity contribution in [3.8, 4) is 5.69 Å². The molecule has 0 spiro atoms. The Morgan fingerprint density at radius 1 is 1.14 bits per heavy atom. The number of nitrogens with one attached hydrogen (secondary N) is 1. The maximum Gasteiger partial charge on any atom is 0.242 e. The third-order valence-corrected chi connectivity index (χ3v) is 6.09. The average molecular weight is 398 g/mol. The number of hydrogen-bond acceptors (Lipinski definition) is 4. The van der Waals surface area contributed by atoms with Gasteiger partial charge >= 0.3 is 0 Å². The monoisotopic (exact) mass is 398 g/mol. The van der Waals surface area contributed by atoms with E-state index in [9.17, 15) is 13.2 Å². The zero-order valence-electron chi connectivity index (χ0n) is 16.0. The second-order valence-electron chi connectivity index (χ2n) is 6.62. The van der Waals surface area contributed by atoms with Gasteiger partial charge in [0, 0.05) is 26.0 Å². The van der Waals surface area contributed by atoms with Crippen LogP contribution < -0.4 is 5.32 Å². The van der Waals surface area contributed by atoms with Crippen molar-refractivity contribution in [3.05, 3.63) is 72.1 Å². The fourth-order valence-electron chi connectivity index (χ4n) is 2.66. The Labute approximate surface area is 164 Å². The number of amides is 1. The van der Waals surface area contributed by atoms with Gasteiger partial charge in [-0.1, -0.05) is 24.3 Å². The summed E-state index contributed by atoms with van der Waals surface area (Å²) in [6.45, 7) is 1.81. The first kappa shape index (κ1) is 19.8. The highest BCUT2D eigenvalue weighted by molar-refractivity contribution is 7.89. The quantitative estimate of drug-likeness (QED) is 0.692. The molecule has 1 heterocycles. The van der Waals surface area contributed by atoms with Gasteiger partial charge in [-0.25, -0.2) is 17.4 Å². The van der Waals surface area contributed by atoms with Crippen molar-refractivity contribution < 1.29 is 13.2 Å². The number of anilines is 1. The Kier molecular flexibility index (Phi) is 5.62. The van der Waals surface area contributed by atoms with Crippen LogP contribution in [0.15, 0.2) is 65.8 Å². The summed E-state index contributed by atoms with van der Waals surface area (Å²) in [6, 6.07) is 14.3. The third kappa shape index (κ3) is 4.29. The molecule has 0 saturated carbocycles. The van der Waals surface area contributed by atoms with Gasteiger partial charge < -0.3 is 5.32 Å². The average Bonchev–Trinajstić information content (AvgIpc) is 3.12. The van der Waals surface area contributed by atoms with Crippen molar-refractivity contribution in [3.63, 3.8) is 0 Å². The molecule has 0 atom stereocenters. The Hall–Kier alpha value is -2.97. The van der Waals surface area contributed by atoms with Crippen LogP contribution in [0.25, 0.3) is 5.69 Å². The highest BCUT2D eigenvalue weighted by Crippen LogP contribution is 2.22. The molecule has 1 aromatic heterocycles. The normalized spacial score (nSPS) is 11.6. The molecule has 1 amide bonds. The van der Waals surface area contributed by atoms with Crippen LogP contribution in [0.2, 0.25) is 0 Å². The topological polar surface area (TPSA) is 84.3 Å². The van der Waals surface area contributed by atoms with Crippen LogP contribution in [-0.2, 0) is 21.2 Å². The van der Waals surface area contributed by atoms with E-state index in [0.29, 0.717) is 5.69 Å². The first-order valence-electron chi connectivity index (χ1n) is 8.69. The molecule has 0 bridgehead atoms. The number of carbonyl (C=O) groups is 1. The van der Waals surface area contributed by atoms with E-state index in [1.165, 1.54) is 26.2 Å². The van der Waals surface area contributed by atoms with Crippen molar-refractivity contribution in [2.45, 2.75) is 18.2 Å². The van der Waals surface area contributed by atoms with Gasteiger partial charge in [0.15, 0.2) is 0 Å².